The summed E-state index contributed by atoms with van der Waals surface area (Å²) in [5.74, 6) is 0.380. The molecule has 1 amide bonds. The summed E-state index contributed by atoms with van der Waals surface area (Å²) in [4.78, 5) is 21.0. The summed E-state index contributed by atoms with van der Waals surface area (Å²) in [5.41, 5.74) is 7.21. The van der Waals surface area contributed by atoms with Crippen LogP contribution in [0.3, 0.4) is 0 Å². The molecule has 156 valence electrons. The number of methoxy groups -OCH3 is 1. The number of carbonyl (C=O) groups excluding carboxylic acids is 1. The fourth-order valence-electron chi connectivity index (χ4n) is 3.68. The van der Waals surface area contributed by atoms with Gasteiger partial charge in [-0.1, -0.05) is 48.5 Å². The van der Waals surface area contributed by atoms with Crippen molar-refractivity contribution in [3.63, 3.8) is 0 Å². The number of carbonyl (C=O) groups is 1. The molecule has 3 aromatic carbocycles. The Morgan fingerprint density at radius 2 is 1.72 bits per heavy atom. The Balaban J connectivity index is 1.58. The molecule has 32 heavy (non-hydrogen) atoms. The van der Waals surface area contributed by atoms with Gasteiger partial charge in [0.15, 0.2) is 0 Å². The van der Waals surface area contributed by atoms with Crippen LogP contribution < -0.4 is 10.2 Å². The number of ether oxygens (including phenoxy) is 1. The average Bonchev–Trinajstić information content (AvgIpc) is 3.23. The van der Waals surface area contributed by atoms with Crippen LogP contribution in [0.25, 0.3) is 33.1 Å². The van der Waals surface area contributed by atoms with E-state index in [1.54, 1.807) is 19.4 Å². The largest absolute Gasteiger partial charge is 0.497 e. The molecule has 2 heterocycles. The quantitative estimate of drug-likeness (QED) is 0.305. The van der Waals surface area contributed by atoms with Crippen LogP contribution in [0.5, 0.6) is 5.75 Å². The molecule has 0 fully saturated rings. The molecule has 0 saturated heterocycles. The number of fused-ring (bicyclic) bond motifs is 3. The van der Waals surface area contributed by atoms with Gasteiger partial charge >= 0.3 is 0 Å². The lowest BCUT2D eigenvalue weighted by Gasteiger charge is -2.08. The van der Waals surface area contributed by atoms with E-state index in [1.165, 1.54) is 0 Å². The first kappa shape index (κ1) is 19.5. The lowest BCUT2D eigenvalue weighted by molar-refractivity contribution is 0.0950. The van der Waals surface area contributed by atoms with Crippen molar-refractivity contribution in [1.29, 1.82) is 0 Å². The Bertz CT molecular complexity index is 1440. The maximum absolute atomic E-state index is 12.9. The zero-order chi connectivity index (χ0) is 21.9. The minimum atomic E-state index is -0.376. The van der Waals surface area contributed by atoms with E-state index < -0.39 is 0 Å². The molecule has 0 aliphatic rings. The molecule has 6 nitrogen and oxygen atoms in total. The van der Waals surface area contributed by atoms with Crippen molar-refractivity contribution in [3.8, 4) is 17.0 Å². The van der Waals surface area contributed by atoms with Crippen molar-refractivity contribution in [2.24, 2.45) is 5.10 Å². The third-order valence-corrected chi connectivity index (χ3v) is 5.27. The number of rotatable bonds is 5. The van der Waals surface area contributed by atoms with Crippen molar-refractivity contribution < 1.29 is 9.53 Å². The van der Waals surface area contributed by atoms with Gasteiger partial charge in [-0.25, -0.2) is 10.4 Å². The van der Waals surface area contributed by atoms with Crippen molar-refractivity contribution >= 4 is 33.9 Å². The standard InChI is InChI=1S/C26H20N4O2/c1-32-19-13-11-18(12-14-19)24-25-21(20-9-5-6-10-22(20)28-25)15-23(29-24)26(31)30-27-16-17-7-3-2-4-8-17/h2-16,28H,1H3,(H,30,31)/b27-16-. The molecule has 2 aromatic heterocycles. The zero-order valence-corrected chi connectivity index (χ0v) is 17.4. The maximum Gasteiger partial charge on any atom is 0.289 e. The molecule has 0 unspecified atom stereocenters. The minimum absolute atomic E-state index is 0.290. The Morgan fingerprint density at radius 1 is 0.969 bits per heavy atom. The highest BCUT2D eigenvalue weighted by molar-refractivity contribution is 6.13. The number of hydrogen-bond donors (Lipinski definition) is 2. The van der Waals surface area contributed by atoms with Crippen LogP contribution in [0.15, 0.2) is 90.0 Å². The van der Waals surface area contributed by atoms with Crippen molar-refractivity contribution in [1.82, 2.24) is 15.4 Å². The SMILES string of the molecule is COc1ccc(-c2nc(C(=O)N/N=C\c3ccccc3)cc3c2[nH]c2ccccc23)cc1. The van der Waals surface area contributed by atoms with Crippen LogP contribution in [-0.4, -0.2) is 29.2 Å². The molecule has 0 atom stereocenters. The molecule has 5 aromatic rings. The van der Waals surface area contributed by atoms with Gasteiger partial charge < -0.3 is 9.72 Å². The number of aromatic amines is 1. The molecule has 0 spiro atoms. The monoisotopic (exact) mass is 420 g/mol. The van der Waals surface area contributed by atoms with Crippen molar-refractivity contribution in [2.45, 2.75) is 0 Å². The maximum atomic E-state index is 12.9. The van der Waals surface area contributed by atoms with E-state index in [9.17, 15) is 4.79 Å². The number of amides is 1. The topological polar surface area (TPSA) is 79.4 Å². The number of nitrogens with one attached hydrogen (secondary N) is 2. The molecule has 2 N–H and O–H groups in total. The van der Waals surface area contributed by atoms with Gasteiger partial charge in [-0.15, -0.1) is 0 Å². The normalized spacial score (nSPS) is 11.3. The van der Waals surface area contributed by atoms with Gasteiger partial charge in [0.05, 0.1) is 24.5 Å². The number of para-hydroxylation sites is 1. The summed E-state index contributed by atoms with van der Waals surface area (Å²) < 4.78 is 5.28. The second-order valence-corrected chi connectivity index (χ2v) is 7.29. The summed E-state index contributed by atoms with van der Waals surface area (Å²) >= 11 is 0. The van der Waals surface area contributed by atoms with E-state index in [2.05, 4.69) is 20.5 Å². The fourth-order valence-corrected chi connectivity index (χ4v) is 3.68. The van der Waals surface area contributed by atoms with Gasteiger partial charge in [0, 0.05) is 21.9 Å². The van der Waals surface area contributed by atoms with Crippen LogP contribution in [0.2, 0.25) is 0 Å². The molecule has 0 saturated carbocycles. The Labute approximate surface area is 184 Å². The predicted molar refractivity (Wildman–Crippen MR) is 127 cm³/mol. The number of nitrogens with zero attached hydrogens (tertiary/aromatic N) is 2. The van der Waals surface area contributed by atoms with Crippen LogP contribution in [0.1, 0.15) is 16.1 Å². The van der Waals surface area contributed by atoms with Gasteiger partial charge in [-0.2, -0.15) is 5.10 Å². The van der Waals surface area contributed by atoms with Crippen LogP contribution in [-0.2, 0) is 0 Å². The summed E-state index contributed by atoms with van der Waals surface area (Å²) in [7, 11) is 1.63. The summed E-state index contributed by atoms with van der Waals surface area (Å²) in [6.45, 7) is 0. The third-order valence-electron chi connectivity index (χ3n) is 5.27. The third kappa shape index (κ3) is 3.70. The molecule has 0 aliphatic heterocycles. The molecule has 0 radical (unpaired) electrons. The van der Waals surface area contributed by atoms with E-state index in [0.717, 1.165) is 38.7 Å². The number of aromatic nitrogens is 2. The molecular weight excluding hydrogens is 400 g/mol. The second-order valence-electron chi connectivity index (χ2n) is 7.29. The van der Waals surface area contributed by atoms with Crippen LogP contribution >= 0.6 is 0 Å². The Kier molecular flexibility index (Phi) is 5.09. The molecular formula is C26H20N4O2. The van der Waals surface area contributed by atoms with Crippen LogP contribution in [0.4, 0.5) is 0 Å². The van der Waals surface area contributed by atoms with E-state index in [-0.39, 0.29) is 5.91 Å². The minimum Gasteiger partial charge on any atom is -0.497 e. The Morgan fingerprint density at radius 3 is 2.50 bits per heavy atom. The van der Waals surface area contributed by atoms with E-state index in [4.69, 9.17) is 4.74 Å². The van der Waals surface area contributed by atoms with Gasteiger partial charge in [-0.05, 0) is 42.0 Å². The number of pyridine rings is 1. The molecule has 5 rings (SSSR count). The summed E-state index contributed by atoms with van der Waals surface area (Å²) in [5, 5.41) is 6.04. The van der Waals surface area contributed by atoms with Gasteiger partial charge in [0.25, 0.3) is 5.91 Å². The highest BCUT2D eigenvalue weighted by Crippen LogP contribution is 2.33. The zero-order valence-electron chi connectivity index (χ0n) is 17.4. The number of hydrazone groups is 1. The lowest BCUT2D eigenvalue weighted by atomic mass is 10.1. The first-order valence-electron chi connectivity index (χ1n) is 10.2. The fraction of sp³-hybridized carbons (Fsp3) is 0.0385. The van der Waals surface area contributed by atoms with Crippen molar-refractivity contribution in [2.75, 3.05) is 7.11 Å². The first-order chi connectivity index (χ1) is 15.7. The van der Waals surface area contributed by atoms with Gasteiger partial charge in [0.1, 0.15) is 11.4 Å². The van der Waals surface area contributed by atoms with E-state index in [0.29, 0.717) is 11.4 Å². The van der Waals surface area contributed by atoms with Crippen LogP contribution in [0, 0.1) is 0 Å². The van der Waals surface area contributed by atoms with E-state index >= 15 is 0 Å². The number of H-pyrrole nitrogens is 1. The van der Waals surface area contributed by atoms with Gasteiger partial charge in [-0.3, -0.25) is 4.79 Å². The smallest absolute Gasteiger partial charge is 0.289 e. The molecule has 6 heteroatoms. The first-order valence-corrected chi connectivity index (χ1v) is 10.2. The van der Waals surface area contributed by atoms with E-state index in [1.807, 2.05) is 78.9 Å². The molecule has 0 bridgehead atoms. The predicted octanol–water partition coefficient (Wildman–Crippen LogP) is 5.16. The van der Waals surface area contributed by atoms with Crippen molar-refractivity contribution in [3.05, 3.63) is 96.2 Å². The number of benzene rings is 3. The summed E-state index contributed by atoms with van der Waals surface area (Å²) in [6.07, 6.45) is 1.60. The molecule has 0 aliphatic carbocycles. The van der Waals surface area contributed by atoms with Gasteiger partial charge in [0.2, 0.25) is 0 Å². The highest BCUT2D eigenvalue weighted by Gasteiger charge is 2.17. The Hall–Kier alpha value is -4.45. The lowest BCUT2D eigenvalue weighted by Crippen LogP contribution is -2.19. The average molecular weight is 420 g/mol. The summed E-state index contributed by atoms with van der Waals surface area (Å²) in [6, 6.07) is 27.0. The number of hydrogen-bond acceptors (Lipinski definition) is 4. The second kappa shape index (κ2) is 8.35. The highest BCUT2D eigenvalue weighted by atomic mass is 16.5.